The predicted molar refractivity (Wildman–Crippen MR) is 81.5 cm³/mol. The zero-order chi connectivity index (χ0) is 13.9. The van der Waals surface area contributed by atoms with Crippen LogP contribution in [0, 0.1) is 13.3 Å². The molecule has 2 aromatic carbocycles. The van der Waals surface area contributed by atoms with Crippen molar-refractivity contribution in [1.29, 1.82) is 0 Å². The Labute approximate surface area is 123 Å². The summed E-state index contributed by atoms with van der Waals surface area (Å²) in [6.45, 7) is 2.07. The van der Waals surface area contributed by atoms with Crippen molar-refractivity contribution >= 4 is 11.6 Å². The molecule has 0 unspecified atom stereocenters. The Morgan fingerprint density at radius 2 is 1.80 bits per heavy atom. The summed E-state index contributed by atoms with van der Waals surface area (Å²) in [5.41, 5.74) is 5.16. The van der Waals surface area contributed by atoms with E-state index >= 15 is 0 Å². The van der Waals surface area contributed by atoms with E-state index < -0.39 is 0 Å². The molecule has 1 radical (unpaired) electrons. The van der Waals surface area contributed by atoms with E-state index in [9.17, 15) is 0 Å². The van der Waals surface area contributed by atoms with Gasteiger partial charge in [0, 0.05) is 22.3 Å². The molecule has 0 spiro atoms. The highest BCUT2D eigenvalue weighted by molar-refractivity contribution is 6.30. The maximum Gasteiger partial charge on any atom is 0.198 e. The van der Waals surface area contributed by atoms with E-state index in [1.54, 1.807) is 6.20 Å². The van der Waals surface area contributed by atoms with Crippen LogP contribution in [0.15, 0.2) is 54.7 Å². The van der Waals surface area contributed by atoms with Crippen molar-refractivity contribution in [2.75, 3.05) is 0 Å². The molecule has 0 aliphatic heterocycles. The Hall–Kier alpha value is -2.19. The standard InChI is InChI=1S/C17H12ClN2/c1-12-3-2-4-14(9-12)17-16(10-19-11-20-17)13-5-7-15(18)8-6-13/h2-10H,1H3. The number of aryl methyl sites for hydroxylation is 1. The first-order chi connectivity index (χ1) is 9.74. The smallest absolute Gasteiger partial charge is 0.198 e. The second-order valence-electron chi connectivity index (χ2n) is 4.61. The Morgan fingerprint density at radius 1 is 1.00 bits per heavy atom. The summed E-state index contributed by atoms with van der Waals surface area (Å²) in [5.74, 6) is 0. The molecule has 2 nitrogen and oxygen atoms in total. The SMILES string of the molecule is Cc1cccc(-c2n[c]ncc2-c2ccc(Cl)cc2)c1. The number of aromatic nitrogens is 2. The summed E-state index contributed by atoms with van der Waals surface area (Å²) in [6.07, 6.45) is 4.46. The fourth-order valence-electron chi connectivity index (χ4n) is 2.15. The molecule has 1 heterocycles. The third-order valence-electron chi connectivity index (χ3n) is 3.12. The van der Waals surface area contributed by atoms with Crippen LogP contribution in [0.3, 0.4) is 0 Å². The van der Waals surface area contributed by atoms with Gasteiger partial charge in [-0.15, -0.1) is 0 Å². The summed E-state index contributed by atoms with van der Waals surface area (Å²) in [7, 11) is 0. The maximum atomic E-state index is 5.94. The van der Waals surface area contributed by atoms with E-state index in [1.165, 1.54) is 5.56 Å². The van der Waals surface area contributed by atoms with Gasteiger partial charge in [-0.2, -0.15) is 0 Å². The van der Waals surface area contributed by atoms with Gasteiger partial charge in [0.25, 0.3) is 0 Å². The molecule has 20 heavy (non-hydrogen) atoms. The molecule has 0 saturated heterocycles. The fourth-order valence-corrected chi connectivity index (χ4v) is 2.27. The van der Waals surface area contributed by atoms with Crippen LogP contribution in [0.1, 0.15) is 5.56 Å². The van der Waals surface area contributed by atoms with Gasteiger partial charge < -0.3 is 0 Å². The van der Waals surface area contributed by atoms with E-state index in [0.717, 1.165) is 22.4 Å². The highest BCUT2D eigenvalue weighted by atomic mass is 35.5. The zero-order valence-corrected chi connectivity index (χ0v) is 11.7. The van der Waals surface area contributed by atoms with Gasteiger partial charge in [-0.1, -0.05) is 47.5 Å². The van der Waals surface area contributed by atoms with Crippen LogP contribution in [0.2, 0.25) is 5.02 Å². The average Bonchev–Trinajstić information content (AvgIpc) is 2.48. The third kappa shape index (κ3) is 2.56. The van der Waals surface area contributed by atoms with Crippen molar-refractivity contribution in [3.63, 3.8) is 0 Å². The van der Waals surface area contributed by atoms with Crippen LogP contribution < -0.4 is 0 Å². The molecular weight excluding hydrogens is 268 g/mol. The Balaban J connectivity index is 2.16. The van der Waals surface area contributed by atoms with Crippen molar-refractivity contribution in [2.24, 2.45) is 0 Å². The van der Waals surface area contributed by atoms with Gasteiger partial charge in [-0.3, -0.25) is 0 Å². The molecule has 3 heteroatoms. The van der Waals surface area contributed by atoms with Gasteiger partial charge >= 0.3 is 0 Å². The number of hydrogen-bond donors (Lipinski definition) is 0. The van der Waals surface area contributed by atoms with Crippen molar-refractivity contribution in [1.82, 2.24) is 9.97 Å². The molecule has 97 valence electrons. The lowest BCUT2D eigenvalue weighted by molar-refractivity contribution is 1.15. The molecule has 0 N–H and O–H groups in total. The number of benzene rings is 2. The highest BCUT2D eigenvalue weighted by Gasteiger charge is 2.09. The fraction of sp³-hybridized carbons (Fsp3) is 0.0588. The summed E-state index contributed by atoms with van der Waals surface area (Å²) < 4.78 is 0. The van der Waals surface area contributed by atoms with E-state index in [1.807, 2.05) is 36.4 Å². The number of rotatable bonds is 2. The first kappa shape index (κ1) is 12.8. The number of nitrogens with zero attached hydrogens (tertiary/aromatic N) is 2. The van der Waals surface area contributed by atoms with Gasteiger partial charge in [-0.05, 0) is 30.7 Å². The van der Waals surface area contributed by atoms with Gasteiger partial charge in [0.2, 0.25) is 0 Å². The van der Waals surface area contributed by atoms with Crippen LogP contribution in [0.5, 0.6) is 0 Å². The Morgan fingerprint density at radius 3 is 2.55 bits per heavy atom. The van der Waals surface area contributed by atoms with Crippen LogP contribution in [0.25, 0.3) is 22.4 Å². The van der Waals surface area contributed by atoms with E-state index in [0.29, 0.717) is 5.02 Å². The molecule has 1 aromatic heterocycles. The first-order valence-corrected chi connectivity index (χ1v) is 6.68. The van der Waals surface area contributed by atoms with Gasteiger partial charge in [0.1, 0.15) is 0 Å². The predicted octanol–water partition coefficient (Wildman–Crippen LogP) is 4.57. The minimum Gasteiger partial charge on any atom is -0.233 e. The van der Waals surface area contributed by atoms with Crippen LogP contribution in [-0.2, 0) is 0 Å². The summed E-state index contributed by atoms with van der Waals surface area (Å²) in [6, 6.07) is 15.9. The van der Waals surface area contributed by atoms with Crippen molar-refractivity contribution < 1.29 is 0 Å². The summed E-state index contributed by atoms with van der Waals surface area (Å²) >= 11 is 5.94. The largest absolute Gasteiger partial charge is 0.233 e. The molecule has 0 fully saturated rings. The molecule has 0 saturated carbocycles. The van der Waals surface area contributed by atoms with E-state index in [4.69, 9.17) is 11.6 Å². The molecule has 0 bridgehead atoms. The minimum absolute atomic E-state index is 0.717. The van der Waals surface area contributed by atoms with Crippen LogP contribution in [-0.4, -0.2) is 9.97 Å². The van der Waals surface area contributed by atoms with Crippen molar-refractivity contribution in [3.8, 4) is 22.4 Å². The minimum atomic E-state index is 0.717. The number of halogens is 1. The Kier molecular flexibility index (Phi) is 3.48. The molecule has 0 aliphatic rings. The molecule has 0 amide bonds. The molecule has 3 aromatic rings. The maximum absolute atomic E-state index is 5.94. The third-order valence-corrected chi connectivity index (χ3v) is 3.37. The molecule has 0 atom stereocenters. The normalized spacial score (nSPS) is 10.5. The molecule has 0 aliphatic carbocycles. The average molecular weight is 280 g/mol. The van der Waals surface area contributed by atoms with Gasteiger partial charge in [0.05, 0.1) is 5.69 Å². The zero-order valence-electron chi connectivity index (χ0n) is 11.0. The monoisotopic (exact) mass is 279 g/mol. The van der Waals surface area contributed by atoms with E-state index in [-0.39, 0.29) is 0 Å². The van der Waals surface area contributed by atoms with E-state index in [2.05, 4.69) is 35.4 Å². The van der Waals surface area contributed by atoms with Crippen LogP contribution >= 0.6 is 11.6 Å². The van der Waals surface area contributed by atoms with Crippen LogP contribution in [0.4, 0.5) is 0 Å². The highest BCUT2D eigenvalue weighted by Crippen LogP contribution is 2.30. The number of hydrogen-bond acceptors (Lipinski definition) is 2. The Bertz CT molecular complexity index is 736. The quantitative estimate of drug-likeness (QED) is 0.686. The second-order valence-corrected chi connectivity index (χ2v) is 5.05. The molecular formula is C17H12ClN2. The summed E-state index contributed by atoms with van der Waals surface area (Å²) in [4.78, 5) is 8.34. The van der Waals surface area contributed by atoms with Crippen molar-refractivity contribution in [3.05, 3.63) is 71.6 Å². The van der Waals surface area contributed by atoms with Crippen molar-refractivity contribution in [2.45, 2.75) is 6.92 Å². The van der Waals surface area contributed by atoms with Gasteiger partial charge in [-0.25, -0.2) is 9.97 Å². The summed E-state index contributed by atoms with van der Waals surface area (Å²) in [5, 5.41) is 0.717. The second kappa shape index (κ2) is 5.43. The molecule has 3 rings (SSSR count). The van der Waals surface area contributed by atoms with Gasteiger partial charge in [0.15, 0.2) is 6.33 Å². The topological polar surface area (TPSA) is 25.8 Å². The first-order valence-electron chi connectivity index (χ1n) is 6.30. The lowest BCUT2D eigenvalue weighted by Gasteiger charge is -2.08. The lowest BCUT2D eigenvalue weighted by Crippen LogP contribution is -1.91. The lowest BCUT2D eigenvalue weighted by atomic mass is 10.00.